The van der Waals surface area contributed by atoms with Gasteiger partial charge in [0.15, 0.2) is 5.82 Å². The van der Waals surface area contributed by atoms with Gasteiger partial charge in [0.05, 0.1) is 6.54 Å². The maximum Gasteiger partial charge on any atom is 0.156 e. The molecular formula is C14H19ClN4. The Labute approximate surface area is 118 Å². The van der Waals surface area contributed by atoms with Gasteiger partial charge in [-0.15, -0.1) is 0 Å². The molecule has 0 saturated heterocycles. The Kier molecular flexibility index (Phi) is 3.80. The van der Waals surface area contributed by atoms with Gasteiger partial charge in [-0.05, 0) is 18.2 Å². The van der Waals surface area contributed by atoms with Crippen molar-refractivity contribution in [2.24, 2.45) is 7.05 Å². The zero-order valence-electron chi connectivity index (χ0n) is 11.7. The summed E-state index contributed by atoms with van der Waals surface area (Å²) in [4.78, 5) is 4.57. The number of aromatic nitrogens is 3. The molecule has 0 bridgehead atoms. The van der Waals surface area contributed by atoms with Crippen molar-refractivity contribution >= 4 is 17.3 Å². The van der Waals surface area contributed by atoms with Crippen LogP contribution in [0.2, 0.25) is 5.02 Å². The average Bonchev–Trinajstić information content (AvgIpc) is 2.68. The first kappa shape index (κ1) is 13.9. The molecule has 0 aliphatic carbocycles. The monoisotopic (exact) mass is 278 g/mol. The molecular weight excluding hydrogens is 260 g/mol. The van der Waals surface area contributed by atoms with Crippen molar-refractivity contribution in [3.63, 3.8) is 0 Å². The Balaban J connectivity index is 2.10. The van der Waals surface area contributed by atoms with Gasteiger partial charge < -0.3 is 5.32 Å². The van der Waals surface area contributed by atoms with Gasteiger partial charge in [-0.2, -0.15) is 5.10 Å². The fourth-order valence-electron chi connectivity index (χ4n) is 1.67. The van der Waals surface area contributed by atoms with Crippen LogP contribution in [0.15, 0.2) is 24.3 Å². The van der Waals surface area contributed by atoms with E-state index >= 15 is 0 Å². The van der Waals surface area contributed by atoms with Crippen molar-refractivity contribution < 1.29 is 0 Å². The van der Waals surface area contributed by atoms with Crippen LogP contribution < -0.4 is 5.32 Å². The molecule has 0 spiro atoms. The van der Waals surface area contributed by atoms with E-state index in [1.54, 1.807) is 0 Å². The Morgan fingerprint density at radius 2 is 2.05 bits per heavy atom. The smallest absolute Gasteiger partial charge is 0.156 e. The Bertz CT molecular complexity index is 569. The Hall–Kier alpha value is -1.55. The lowest BCUT2D eigenvalue weighted by Gasteiger charge is -2.12. The minimum atomic E-state index is -0.0356. The first-order chi connectivity index (χ1) is 8.86. The summed E-state index contributed by atoms with van der Waals surface area (Å²) in [6.45, 7) is 6.95. The summed E-state index contributed by atoms with van der Waals surface area (Å²) in [7, 11) is 1.91. The van der Waals surface area contributed by atoms with Crippen LogP contribution in [0, 0.1) is 0 Å². The molecule has 5 heteroatoms. The lowest BCUT2D eigenvalue weighted by Crippen LogP contribution is -2.13. The quantitative estimate of drug-likeness (QED) is 0.936. The van der Waals surface area contributed by atoms with Crippen LogP contribution in [0.3, 0.4) is 0 Å². The van der Waals surface area contributed by atoms with Crippen molar-refractivity contribution in [3.05, 3.63) is 40.9 Å². The molecule has 0 saturated carbocycles. The van der Waals surface area contributed by atoms with Crippen molar-refractivity contribution in [2.75, 3.05) is 5.32 Å². The normalized spacial score (nSPS) is 11.6. The van der Waals surface area contributed by atoms with E-state index in [0.29, 0.717) is 6.54 Å². The van der Waals surface area contributed by atoms with Gasteiger partial charge >= 0.3 is 0 Å². The van der Waals surface area contributed by atoms with E-state index in [-0.39, 0.29) is 5.41 Å². The van der Waals surface area contributed by atoms with Crippen LogP contribution in [-0.2, 0) is 19.0 Å². The maximum atomic E-state index is 5.95. The van der Waals surface area contributed by atoms with E-state index in [4.69, 9.17) is 11.6 Å². The molecule has 19 heavy (non-hydrogen) atoms. The third kappa shape index (κ3) is 3.47. The Morgan fingerprint density at radius 1 is 1.32 bits per heavy atom. The molecule has 2 rings (SSSR count). The molecule has 0 radical (unpaired) electrons. The maximum absolute atomic E-state index is 5.95. The van der Waals surface area contributed by atoms with E-state index < -0.39 is 0 Å². The van der Waals surface area contributed by atoms with Crippen molar-refractivity contribution in [3.8, 4) is 0 Å². The zero-order chi connectivity index (χ0) is 14.0. The summed E-state index contributed by atoms with van der Waals surface area (Å²) < 4.78 is 1.82. The van der Waals surface area contributed by atoms with Crippen LogP contribution in [0.25, 0.3) is 0 Å². The van der Waals surface area contributed by atoms with E-state index in [1.807, 2.05) is 36.0 Å². The van der Waals surface area contributed by atoms with Crippen LogP contribution in [-0.4, -0.2) is 14.8 Å². The highest BCUT2D eigenvalue weighted by Gasteiger charge is 2.20. The van der Waals surface area contributed by atoms with Gasteiger partial charge in [0.25, 0.3) is 0 Å². The fraction of sp³-hybridized carbons (Fsp3) is 0.429. The van der Waals surface area contributed by atoms with Crippen LogP contribution in [0.5, 0.6) is 0 Å². The highest BCUT2D eigenvalue weighted by molar-refractivity contribution is 6.30. The van der Waals surface area contributed by atoms with Crippen molar-refractivity contribution in [2.45, 2.75) is 32.7 Å². The first-order valence-corrected chi connectivity index (χ1v) is 6.64. The molecule has 0 amide bonds. The number of rotatable bonds is 3. The first-order valence-electron chi connectivity index (χ1n) is 6.26. The number of anilines is 1. The van der Waals surface area contributed by atoms with Crippen LogP contribution in [0.1, 0.15) is 32.4 Å². The zero-order valence-corrected chi connectivity index (χ0v) is 12.5. The van der Waals surface area contributed by atoms with E-state index in [0.717, 1.165) is 22.4 Å². The van der Waals surface area contributed by atoms with Crippen LogP contribution >= 0.6 is 11.6 Å². The molecule has 1 heterocycles. The van der Waals surface area contributed by atoms with Crippen LogP contribution in [0.4, 0.5) is 5.69 Å². The third-order valence-corrected chi connectivity index (χ3v) is 3.03. The molecule has 1 aromatic heterocycles. The summed E-state index contributed by atoms with van der Waals surface area (Å²) in [5, 5.41) is 8.47. The number of aryl methyl sites for hydroxylation is 1. The number of hydrogen-bond acceptors (Lipinski definition) is 3. The summed E-state index contributed by atoms with van der Waals surface area (Å²) in [5.41, 5.74) is 0.944. The number of halogens is 1. The number of hydrogen-bond donors (Lipinski definition) is 1. The number of nitrogens with zero attached hydrogens (tertiary/aromatic N) is 3. The van der Waals surface area contributed by atoms with E-state index in [9.17, 15) is 0 Å². The second kappa shape index (κ2) is 5.21. The van der Waals surface area contributed by atoms with E-state index in [1.165, 1.54) is 0 Å². The molecule has 0 aliphatic rings. The summed E-state index contributed by atoms with van der Waals surface area (Å²) >= 11 is 5.95. The van der Waals surface area contributed by atoms with Crippen molar-refractivity contribution in [1.29, 1.82) is 0 Å². The second-order valence-corrected chi connectivity index (χ2v) is 6.03. The van der Waals surface area contributed by atoms with Gasteiger partial charge in [-0.3, -0.25) is 4.68 Å². The summed E-state index contributed by atoms with van der Waals surface area (Å²) in [6, 6.07) is 7.64. The predicted molar refractivity (Wildman–Crippen MR) is 78.5 cm³/mol. The largest absolute Gasteiger partial charge is 0.378 e. The van der Waals surface area contributed by atoms with Gasteiger partial charge in [-0.1, -0.05) is 38.4 Å². The second-order valence-electron chi connectivity index (χ2n) is 5.59. The minimum Gasteiger partial charge on any atom is -0.378 e. The SMILES string of the molecule is Cn1nc(C(C)(C)C)nc1CNc1cccc(Cl)c1. The highest BCUT2D eigenvalue weighted by Crippen LogP contribution is 2.19. The van der Waals surface area contributed by atoms with Gasteiger partial charge in [0, 0.05) is 23.2 Å². The molecule has 4 nitrogen and oxygen atoms in total. The predicted octanol–water partition coefficient (Wildman–Crippen LogP) is 3.38. The average molecular weight is 279 g/mol. The van der Waals surface area contributed by atoms with Gasteiger partial charge in [-0.25, -0.2) is 4.98 Å². The fourth-order valence-corrected chi connectivity index (χ4v) is 1.86. The highest BCUT2D eigenvalue weighted by atomic mass is 35.5. The minimum absolute atomic E-state index is 0.0356. The van der Waals surface area contributed by atoms with Crippen molar-refractivity contribution in [1.82, 2.24) is 14.8 Å². The molecule has 1 N–H and O–H groups in total. The molecule has 102 valence electrons. The Morgan fingerprint density at radius 3 is 2.63 bits per heavy atom. The lowest BCUT2D eigenvalue weighted by atomic mass is 9.96. The van der Waals surface area contributed by atoms with Gasteiger partial charge in [0.1, 0.15) is 5.82 Å². The molecule has 0 fully saturated rings. The number of nitrogens with one attached hydrogen (secondary N) is 1. The molecule has 0 aliphatic heterocycles. The molecule has 2 aromatic rings. The molecule has 0 unspecified atom stereocenters. The lowest BCUT2D eigenvalue weighted by molar-refractivity contribution is 0.538. The molecule has 1 aromatic carbocycles. The summed E-state index contributed by atoms with van der Waals surface area (Å²) in [6.07, 6.45) is 0. The summed E-state index contributed by atoms with van der Waals surface area (Å²) in [5.74, 6) is 1.77. The van der Waals surface area contributed by atoms with Gasteiger partial charge in [0.2, 0.25) is 0 Å². The topological polar surface area (TPSA) is 42.7 Å². The molecule has 0 atom stereocenters. The standard InChI is InChI=1S/C14H19ClN4/c1-14(2,3)13-17-12(19(4)18-13)9-16-11-7-5-6-10(15)8-11/h5-8,16H,9H2,1-4H3. The van der Waals surface area contributed by atoms with E-state index in [2.05, 4.69) is 36.2 Å². The number of benzene rings is 1. The third-order valence-electron chi connectivity index (χ3n) is 2.80.